The Hall–Kier alpha value is -1.53. The molecule has 58 valence electrons. The zero-order valence-electron chi connectivity index (χ0n) is 5.91. The Morgan fingerprint density at radius 1 is 1.50 bits per heavy atom. The van der Waals surface area contributed by atoms with Gasteiger partial charge in [-0.3, -0.25) is 4.98 Å². The van der Waals surface area contributed by atoms with Crippen LogP contribution in [0.3, 0.4) is 0 Å². The summed E-state index contributed by atoms with van der Waals surface area (Å²) in [5.74, 6) is 0.250. The topological polar surface area (TPSA) is 49.8 Å². The number of furan rings is 1. The van der Waals surface area contributed by atoms with Crippen molar-refractivity contribution < 1.29 is 4.42 Å². The average Bonchev–Trinajstić information content (AvgIpc) is 2.46. The molecule has 0 saturated heterocycles. The lowest BCUT2D eigenvalue weighted by Crippen LogP contribution is -1.70. The summed E-state index contributed by atoms with van der Waals surface area (Å²) in [6.45, 7) is 0. The summed E-state index contributed by atoms with van der Waals surface area (Å²) in [6.07, 6.45) is 1.51. The second-order valence-electron chi connectivity index (χ2n) is 2.26. The maximum atomic E-state index is 8.50. The van der Waals surface area contributed by atoms with Gasteiger partial charge in [0.05, 0.1) is 5.02 Å². The summed E-state index contributed by atoms with van der Waals surface area (Å²) < 4.78 is 5.09. The molecular formula is C8H3ClN2O. The summed E-state index contributed by atoms with van der Waals surface area (Å²) in [4.78, 5) is 3.97. The highest BCUT2D eigenvalue weighted by Crippen LogP contribution is 2.19. The smallest absolute Gasteiger partial charge is 0.206 e. The van der Waals surface area contributed by atoms with Gasteiger partial charge in [0.2, 0.25) is 5.76 Å². The molecule has 0 bridgehead atoms. The third-order valence-corrected chi connectivity index (χ3v) is 1.65. The lowest BCUT2D eigenvalue weighted by atomic mass is 10.4. The van der Waals surface area contributed by atoms with E-state index in [9.17, 15) is 0 Å². The van der Waals surface area contributed by atoms with E-state index < -0.39 is 0 Å². The number of hydrogen-bond acceptors (Lipinski definition) is 3. The Labute approximate surface area is 73.2 Å². The molecule has 2 rings (SSSR count). The molecule has 0 aromatic carbocycles. The van der Waals surface area contributed by atoms with Crippen molar-refractivity contribution in [2.75, 3.05) is 0 Å². The van der Waals surface area contributed by atoms with Gasteiger partial charge in [-0.05, 0) is 0 Å². The van der Waals surface area contributed by atoms with Gasteiger partial charge < -0.3 is 4.42 Å². The summed E-state index contributed by atoms with van der Waals surface area (Å²) in [5, 5.41) is 9.00. The largest absolute Gasteiger partial charge is 0.444 e. The number of fused-ring (bicyclic) bond motifs is 1. The molecule has 0 fully saturated rings. The lowest BCUT2D eigenvalue weighted by Gasteiger charge is -1.86. The maximum Gasteiger partial charge on any atom is 0.206 e. The molecule has 0 amide bonds. The van der Waals surface area contributed by atoms with Gasteiger partial charge in [-0.1, -0.05) is 11.6 Å². The van der Waals surface area contributed by atoms with Crippen molar-refractivity contribution in [3.05, 3.63) is 29.1 Å². The molecule has 0 spiro atoms. The molecule has 4 heteroatoms. The standard InChI is InChI=1S/C8H3ClN2O/c9-5-1-8-7(11-4-5)2-6(3-10)12-8/h1-2,4H. The van der Waals surface area contributed by atoms with E-state index in [0.29, 0.717) is 16.1 Å². The second kappa shape index (κ2) is 2.50. The van der Waals surface area contributed by atoms with E-state index in [1.807, 2.05) is 6.07 Å². The first-order valence-corrected chi connectivity index (χ1v) is 3.62. The van der Waals surface area contributed by atoms with E-state index in [1.54, 1.807) is 12.1 Å². The number of halogens is 1. The molecule has 0 saturated carbocycles. The number of hydrogen-bond donors (Lipinski definition) is 0. The van der Waals surface area contributed by atoms with Crippen molar-refractivity contribution in [2.24, 2.45) is 0 Å². The molecule has 0 atom stereocenters. The zero-order chi connectivity index (χ0) is 8.55. The van der Waals surface area contributed by atoms with Crippen LogP contribution in [0.25, 0.3) is 11.1 Å². The Morgan fingerprint density at radius 2 is 2.33 bits per heavy atom. The molecule has 0 aliphatic carbocycles. The van der Waals surface area contributed by atoms with Gasteiger partial charge in [0.15, 0.2) is 5.58 Å². The van der Waals surface area contributed by atoms with Crippen molar-refractivity contribution in [2.45, 2.75) is 0 Å². The monoisotopic (exact) mass is 178 g/mol. The molecule has 12 heavy (non-hydrogen) atoms. The van der Waals surface area contributed by atoms with E-state index in [1.165, 1.54) is 6.20 Å². The molecule has 3 nitrogen and oxygen atoms in total. The third kappa shape index (κ3) is 1.03. The van der Waals surface area contributed by atoms with E-state index in [0.717, 1.165) is 0 Å². The van der Waals surface area contributed by atoms with E-state index in [-0.39, 0.29) is 5.76 Å². The van der Waals surface area contributed by atoms with Crippen molar-refractivity contribution in [1.82, 2.24) is 4.98 Å². The van der Waals surface area contributed by atoms with E-state index >= 15 is 0 Å². The Kier molecular flexibility index (Phi) is 1.49. The van der Waals surface area contributed by atoms with Crippen molar-refractivity contribution >= 4 is 22.7 Å². The highest BCUT2D eigenvalue weighted by Gasteiger charge is 2.03. The lowest BCUT2D eigenvalue weighted by molar-refractivity contribution is 0.599. The molecular weight excluding hydrogens is 176 g/mol. The number of nitrogens with zero attached hydrogens (tertiary/aromatic N) is 2. The molecule has 2 aromatic heterocycles. The number of nitriles is 1. The quantitative estimate of drug-likeness (QED) is 0.622. The van der Waals surface area contributed by atoms with Gasteiger partial charge in [-0.15, -0.1) is 0 Å². The molecule has 0 aliphatic rings. The van der Waals surface area contributed by atoms with Crippen LogP contribution in [-0.4, -0.2) is 4.98 Å². The molecule has 2 heterocycles. The van der Waals surface area contributed by atoms with Crippen LogP contribution in [0.2, 0.25) is 5.02 Å². The first-order chi connectivity index (χ1) is 5.79. The molecule has 0 N–H and O–H groups in total. The first kappa shape index (κ1) is 7.14. The van der Waals surface area contributed by atoms with Gasteiger partial charge >= 0.3 is 0 Å². The summed E-state index contributed by atoms with van der Waals surface area (Å²) >= 11 is 5.67. The van der Waals surface area contributed by atoms with E-state index in [2.05, 4.69) is 4.98 Å². The van der Waals surface area contributed by atoms with Gasteiger partial charge in [0.1, 0.15) is 11.6 Å². The highest BCUT2D eigenvalue weighted by atomic mass is 35.5. The van der Waals surface area contributed by atoms with Crippen molar-refractivity contribution in [3.8, 4) is 6.07 Å². The predicted molar refractivity (Wildman–Crippen MR) is 43.7 cm³/mol. The minimum absolute atomic E-state index is 0.250. The average molecular weight is 179 g/mol. The SMILES string of the molecule is N#Cc1cc2ncc(Cl)cc2o1. The van der Waals surface area contributed by atoms with Crippen LogP contribution in [0.15, 0.2) is 22.7 Å². The van der Waals surface area contributed by atoms with Crippen LogP contribution in [0.5, 0.6) is 0 Å². The van der Waals surface area contributed by atoms with E-state index in [4.69, 9.17) is 21.3 Å². The normalized spacial score (nSPS) is 10.0. The number of aromatic nitrogens is 1. The second-order valence-corrected chi connectivity index (χ2v) is 2.70. The van der Waals surface area contributed by atoms with Gasteiger partial charge in [0.25, 0.3) is 0 Å². The molecule has 0 radical (unpaired) electrons. The summed E-state index contributed by atoms with van der Waals surface area (Å²) in [6, 6.07) is 5.09. The molecule has 0 unspecified atom stereocenters. The zero-order valence-corrected chi connectivity index (χ0v) is 6.67. The highest BCUT2D eigenvalue weighted by molar-refractivity contribution is 6.30. The first-order valence-electron chi connectivity index (χ1n) is 3.25. The van der Waals surface area contributed by atoms with Crippen molar-refractivity contribution in [1.29, 1.82) is 5.26 Å². The Balaban J connectivity index is 2.77. The fraction of sp³-hybridized carbons (Fsp3) is 0. The molecule has 2 aromatic rings. The number of pyridine rings is 1. The van der Waals surface area contributed by atoms with Crippen LogP contribution >= 0.6 is 11.6 Å². The fourth-order valence-electron chi connectivity index (χ4n) is 0.949. The van der Waals surface area contributed by atoms with Crippen LogP contribution in [-0.2, 0) is 0 Å². The summed E-state index contributed by atoms with van der Waals surface area (Å²) in [7, 11) is 0. The predicted octanol–water partition coefficient (Wildman–Crippen LogP) is 2.35. The van der Waals surface area contributed by atoms with Crippen LogP contribution in [0.4, 0.5) is 0 Å². The minimum Gasteiger partial charge on any atom is -0.444 e. The van der Waals surface area contributed by atoms with Crippen LogP contribution < -0.4 is 0 Å². The van der Waals surface area contributed by atoms with Crippen molar-refractivity contribution in [3.63, 3.8) is 0 Å². The maximum absolute atomic E-state index is 8.50. The Morgan fingerprint density at radius 3 is 3.08 bits per heavy atom. The third-order valence-electron chi connectivity index (χ3n) is 1.45. The Bertz CT molecular complexity index is 469. The fourth-order valence-corrected chi connectivity index (χ4v) is 1.10. The van der Waals surface area contributed by atoms with Gasteiger partial charge in [-0.2, -0.15) is 5.26 Å². The van der Waals surface area contributed by atoms with Crippen LogP contribution in [0.1, 0.15) is 5.76 Å². The molecule has 0 aliphatic heterocycles. The number of rotatable bonds is 0. The summed E-state index contributed by atoms with van der Waals surface area (Å²) in [5.41, 5.74) is 1.19. The van der Waals surface area contributed by atoms with Crippen LogP contribution in [0, 0.1) is 11.3 Å². The minimum atomic E-state index is 0.250. The van der Waals surface area contributed by atoms with Gasteiger partial charge in [-0.25, -0.2) is 0 Å². The van der Waals surface area contributed by atoms with Gasteiger partial charge in [0, 0.05) is 18.3 Å².